The molecule has 0 amide bonds. The first-order valence-electron chi connectivity index (χ1n) is 5.10. The molecule has 8 heteroatoms. The molecule has 0 aromatic heterocycles. The number of hydrogen-bond donors (Lipinski definition) is 0. The van der Waals surface area contributed by atoms with Crippen LogP contribution in [-0.2, 0) is 14.3 Å². The molecule has 0 radical (unpaired) electrons. The number of alkyl halides is 3. The lowest BCUT2D eigenvalue weighted by Crippen LogP contribution is -2.26. The lowest BCUT2D eigenvalue weighted by Gasteiger charge is -2.23. The molecule has 0 saturated heterocycles. The van der Waals surface area contributed by atoms with Crippen LogP contribution in [0.1, 0.15) is 26.7 Å². The van der Waals surface area contributed by atoms with E-state index in [2.05, 4.69) is 4.18 Å². The summed E-state index contributed by atoms with van der Waals surface area (Å²) in [5.74, 6) is -0.499. The van der Waals surface area contributed by atoms with Crippen LogP contribution < -0.4 is 0 Å². The molecule has 18 heavy (non-hydrogen) atoms. The summed E-state index contributed by atoms with van der Waals surface area (Å²) in [7, 11) is -5.61. The lowest BCUT2D eigenvalue weighted by molar-refractivity contribution is -0.0523. The largest absolute Gasteiger partial charge is 0.534 e. The fraction of sp³-hybridized carbons (Fsp3) is 0.700. The molecule has 0 spiro atoms. The van der Waals surface area contributed by atoms with E-state index in [0.29, 0.717) is 6.42 Å². The molecule has 0 bridgehead atoms. The average Bonchev–Trinajstić information content (AvgIpc) is 2.64. The van der Waals surface area contributed by atoms with Crippen molar-refractivity contribution in [1.82, 2.24) is 0 Å². The Morgan fingerprint density at radius 1 is 1.44 bits per heavy atom. The minimum Gasteiger partial charge on any atom is -0.381 e. The predicted octanol–water partition coefficient (Wildman–Crippen LogP) is 2.70. The maximum Gasteiger partial charge on any atom is 0.534 e. The summed E-state index contributed by atoms with van der Waals surface area (Å²) >= 11 is 0. The summed E-state index contributed by atoms with van der Waals surface area (Å²) in [6.07, 6.45) is 1.62. The number of nitrogens with zero attached hydrogens (tertiary/aromatic N) is 1. The Labute approximate surface area is 103 Å². The second-order valence-electron chi connectivity index (χ2n) is 4.62. The summed E-state index contributed by atoms with van der Waals surface area (Å²) < 4.78 is 61.9. The Bertz CT molecular complexity index is 499. The van der Waals surface area contributed by atoms with Crippen LogP contribution in [0.25, 0.3) is 0 Å². The Hall–Kier alpha value is -1.23. The quantitative estimate of drug-likeness (QED) is 0.590. The third kappa shape index (κ3) is 2.96. The van der Waals surface area contributed by atoms with Crippen molar-refractivity contribution in [3.63, 3.8) is 0 Å². The molecule has 1 rings (SSSR count). The molecule has 0 aromatic rings. The smallest absolute Gasteiger partial charge is 0.381 e. The second kappa shape index (κ2) is 4.46. The first-order valence-corrected chi connectivity index (χ1v) is 6.51. The van der Waals surface area contributed by atoms with E-state index in [1.807, 2.05) is 6.07 Å². The van der Waals surface area contributed by atoms with Crippen molar-refractivity contribution in [1.29, 1.82) is 5.26 Å². The van der Waals surface area contributed by atoms with Gasteiger partial charge >= 0.3 is 15.6 Å². The Morgan fingerprint density at radius 2 is 2.00 bits per heavy atom. The molecule has 0 heterocycles. The van der Waals surface area contributed by atoms with Crippen LogP contribution in [0, 0.1) is 22.7 Å². The van der Waals surface area contributed by atoms with E-state index in [1.54, 1.807) is 13.8 Å². The van der Waals surface area contributed by atoms with Gasteiger partial charge in [-0.25, -0.2) is 0 Å². The maximum absolute atomic E-state index is 12.1. The van der Waals surface area contributed by atoms with Crippen LogP contribution in [0.2, 0.25) is 0 Å². The second-order valence-corrected chi connectivity index (χ2v) is 6.16. The van der Waals surface area contributed by atoms with Gasteiger partial charge in [-0.2, -0.15) is 26.9 Å². The fourth-order valence-electron chi connectivity index (χ4n) is 1.58. The molecule has 0 saturated carbocycles. The monoisotopic (exact) mass is 283 g/mol. The molecule has 0 aliphatic heterocycles. The summed E-state index contributed by atoms with van der Waals surface area (Å²) in [6.45, 7) is 3.29. The van der Waals surface area contributed by atoms with Crippen LogP contribution in [0.3, 0.4) is 0 Å². The van der Waals surface area contributed by atoms with Gasteiger partial charge in [-0.15, -0.1) is 0 Å². The van der Waals surface area contributed by atoms with Gasteiger partial charge in [0.1, 0.15) is 5.76 Å². The molecule has 0 N–H and O–H groups in total. The van der Waals surface area contributed by atoms with Gasteiger partial charge in [0, 0.05) is 6.42 Å². The van der Waals surface area contributed by atoms with Crippen LogP contribution in [0.4, 0.5) is 13.2 Å². The van der Waals surface area contributed by atoms with E-state index in [9.17, 15) is 21.6 Å². The van der Waals surface area contributed by atoms with Crippen molar-refractivity contribution in [3.8, 4) is 6.07 Å². The van der Waals surface area contributed by atoms with E-state index in [1.165, 1.54) is 6.08 Å². The van der Waals surface area contributed by atoms with Gasteiger partial charge in [0.05, 0.1) is 11.5 Å². The molecule has 1 aliphatic carbocycles. The standard InChI is InChI=1S/C10H12F3NO3S/c1-9(2,6-14)7-3-4-8(5-7)17-18(15,16)10(11,12)13/h4,7H,3,5H2,1-2H3/t7-/m1/s1. The molecule has 1 aliphatic rings. The molecule has 102 valence electrons. The average molecular weight is 283 g/mol. The van der Waals surface area contributed by atoms with E-state index >= 15 is 0 Å². The summed E-state index contributed by atoms with van der Waals surface area (Å²) in [5, 5.41) is 8.89. The zero-order chi connectivity index (χ0) is 14.2. The van der Waals surface area contributed by atoms with Crippen LogP contribution in [0.5, 0.6) is 0 Å². The van der Waals surface area contributed by atoms with Gasteiger partial charge < -0.3 is 4.18 Å². The number of halogens is 3. The molecular formula is C10H12F3NO3S. The number of rotatable bonds is 3. The minimum atomic E-state index is -5.61. The van der Waals surface area contributed by atoms with E-state index in [-0.39, 0.29) is 18.1 Å². The molecule has 0 fully saturated rings. The highest BCUT2D eigenvalue weighted by Gasteiger charge is 2.49. The summed E-state index contributed by atoms with van der Waals surface area (Å²) in [4.78, 5) is 0. The highest BCUT2D eigenvalue weighted by molar-refractivity contribution is 7.87. The maximum atomic E-state index is 12.1. The van der Waals surface area contributed by atoms with Gasteiger partial charge in [-0.1, -0.05) is 0 Å². The summed E-state index contributed by atoms with van der Waals surface area (Å²) in [6, 6.07) is 2.04. The normalized spacial score (nSPS) is 21.3. The summed E-state index contributed by atoms with van der Waals surface area (Å²) in [5.41, 5.74) is -6.18. The van der Waals surface area contributed by atoms with Crippen LogP contribution in [0.15, 0.2) is 11.8 Å². The lowest BCUT2D eigenvalue weighted by atomic mass is 9.79. The number of allylic oxidation sites excluding steroid dienone is 2. The van der Waals surface area contributed by atoms with Gasteiger partial charge in [-0.05, 0) is 32.3 Å². The van der Waals surface area contributed by atoms with Crippen molar-refractivity contribution in [3.05, 3.63) is 11.8 Å². The molecule has 0 unspecified atom stereocenters. The number of hydrogen-bond acceptors (Lipinski definition) is 4. The SMILES string of the molecule is CC(C)(C#N)[C@@H]1CC=C(OS(=O)(=O)C(F)(F)F)C1. The highest BCUT2D eigenvalue weighted by Crippen LogP contribution is 2.40. The van der Waals surface area contributed by atoms with E-state index in [4.69, 9.17) is 5.26 Å². The fourth-order valence-corrected chi connectivity index (χ4v) is 2.09. The van der Waals surface area contributed by atoms with Crippen molar-refractivity contribution >= 4 is 10.1 Å². The number of nitriles is 1. The molecule has 0 aromatic carbocycles. The third-order valence-corrected chi connectivity index (χ3v) is 3.89. The zero-order valence-electron chi connectivity index (χ0n) is 9.78. The Morgan fingerprint density at radius 3 is 2.44 bits per heavy atom. The molecular weight excluding hydrogens is 271 g/mol. The predicted molar refractivity (Wildman–Crippen MR) is 56.3 cm³/mol. The van der Waals surface area contributed by atoms with E-state index < -0.39 is 21.0 Å². The first kappa shape index (κ1) is 14.8. The van der Waals surface area contributed by atoms with Gasteiger partial charge in [0.2, 0.25) is 0 Å². The van der Waals surface area contributed by atoms with Crippen molar-refractivity contribution in [2.75, 3.05) is 0 Å². The minimum absolute atomic E-state index is 0.00979. The van der Waals surface area contributed by atoms with Gasteiger partial charge in [0.15, 0.2) is 0 Å². The Balaban J connectivity index is 2.74. The van der Waals surface area contributed by atoms with Crippen molar-refractivity contribution < 1.29 is 25.8 Å². The van der Waals surface area contributed by atoms with Crippen molar-refractivity contribution in [2.24, 2.45) is 11.3 Å². The highest BCUT2D eigenvalue weighted by atomic mass is 32.2. The first-order chi connectivity index (χ1) is 7.99. The molecule has 1 atom stereocenters. The Kier molecular flexibility index (Phi) is 3.68. The molecule has 4 nitrogen and oxygen atoms in total. The van der Waals surface area contributed by atoms with E-state index in [0.717, 1.165) is 0 Å². The topological polar surface area (TPSA) is 67.2 Å². The van der Waals surface area contributed by atoms with Crippen LogP contribution in [-0.4, -0.2) is 13.9 Å². The van der Waals surface area contributed by atoms with Gasteiger partial charge in [-0.3, -0.25) is 0 Å². The van der Waals surface area contributed by atoms with Gasteiger partial charge in [0.25, 0.3) is 0 Å². The van der Waals surface area contributed by atoms with Crippen LogP contribution >= 0.6 is 0 Å². The third-order valence-electron chi connectivity index (χ3n) is 2.89. The van der Waals surface area contributed by atoms with Crippen molar-refractivity contribution in [2.45, 2.75) is 32.2 Å². The zero-order valence-corrected chi connectivity index (χ0v) is 10.6.